The minimum atomic E-state index is -0.402. The van der Waals surface area contributed by atoms with Crippen molar-refractivity contribution < 1.29 is 9.53 Å². The molecule has 1 aliphatic rings. The summed E-state index contributed by atoms with van der Waals surface area (Å²) in [7, 11) is 0. The van der Waals surface area contributed by atoms with Gasteiger partial charge in [-0.1, -0.05) is 6.92 Å². The molecule has 94 valence electrons. The minimum Gasteiger partial charge on any atom is -0.444 e. The number of thiol groups is 1. The number of piperidine rings is 1. The fourth-order valence-electron chi connectivity index (χ4n) is 1.96. The van der Waals surface area contributed by atoms with Crippen LogP contribution in [0.15, 0.2) is 0 Å². The number of carbonyl (C=O) groups excluding carboxylic acids is 1. The summed E-state index contributed by atoms with van der Waals surface area (Å²) in [5, 5.41) is 0. The third-order valence-electron chi connectivity index (χ3n) is 2.97. The monoisotopic (exact) mass is 245 g/mol. The first-order valence-electron chi connectivity index (χ1n) is 5.92. The molecular formula is C12H23NO2S. The predicted octanol–water partition coefficient (Wildman–Crippen LogP) is 2.81. The van der Waals surface area contributed by atoms with E-state index in [9.17, 15) is 4.79 Å². The van der Waals surface area contributed by atoms with Gasteiger partial charge in [0.05, 0.1) is 0 Å². The summed E-state index contributed by atoms with van der Waals surface area (Å²) in [6, 6.07) is 0. The van der Waals surface area contributed by atoms with Crippen LogP contribution in [-0.4, -0.2) is 35.4 Å². The molecule has 0 aromatic heterocycles. The molecule has 0 aromatic carbocycles. The van der Waals surface area contributed by atoms with E-state index in [1.807, 2.05) is 25.7 Å². The van der Waals surface area contributed by atoms with E-state index < -0.39 is 5.60 Å². The summed E-state index contributed by atoms with van der Waals surface area (Å²) >= 11 is 4.34. The lowest BCUT2D eigenvalue weighted by Gasteiger charge is -2.37. The second-order valence-electron chi connectivity index (χ2n) is 5.63. The van der Waals surface area contributed by atoms with Crippen LogP contribution in [0.3, 0.4) is 0 Å². The number of hydrogen-bond acceptors (Lipinski definition) is 3. The summed E-state index contributed by atoms with van der Waals surface area (Å²) in [5.41, 5.74) is -0.402. The maximum atomic E-state index is 11.8. The van der Waals surface area contributed by atoms with Crippen LogP contribution in [-0.2, 0) is 4.74 Å². The zero-order valence-electron chi connectivity index (χ0n) is 10.7. The quantitative estimate of drug-likeness (QED) is 0.720. The van der Waals surface area contributed by atoms with E-state index in [0.29, 0.717) is 11.8 Å². The summed E-state index contributed by atoms with van der Waals surface area (Å²) in [6.45, 7) is 9.46. The molecule has 0 spiro atoms. The second-order valence-corrected chi connectivity index (χ2v) is 6.00. The highest BCUT2D eigenvalue weighted by molar-refractivity contribution is 7.80. The van der Waals surface area contributed by atoms with Gasteiger partial charge in [-0.25, -0.2) is 4.79 Å². The molecule has 1 saturated heterocycles. The first-order valence-corrected chi connectivity index (χ1v) is 6.55. The van der Waals surface area contributed by atoms with Crippen LogP contribution in [0.4, 0.5) is 4.79 Å². The van der Waals surface area contributed by atoms with E-state index in [1.165, 1.54) is 0 Å². The Morgan fingerprint density at radius 1 is 1.50 bits per heavy atom. The van der Waals surface area contributed by atoms with E-state index in [4.69, 9.17) is 4.74 Å². The van der Waals surface area contributed by atoms with Gasteiger partial charge in [0, 0.05) is 13.1 Å². The lowest BCUT2D eigenvalue weighted by Crippen LogP contribution is -2.45. The first kappa shape index (κ1) is 13.7. The maximum Gasteiger partial charge on any atom is 0.410 e. The number of carbonyl (C=O) groups is 1. The van der Waals surface area contributed by atoms with Crippen LogP contribution >= 0.6 is 12.6 Å². The standard InChI is InChI=1S/C12H23NO2S/c1-9-7-13(6-5-10(9)8-16)11(14)15-12(2,3)4/h9-10,16H,5-8H2,1-4H3. The van der Waals surface area contributed by atoms with E-state index in [1.54, 1.807) is 0 Å². The number of hydrogen-bond donors (Lipinski definition) is 1. The second kappa shape index (κ2) is 5.30. The fraction of sp³-hybridized carbons (Fsp3) is 0.917. The molecule has 0 saturated carbocycles. The van der Waals surface area contributed by atoms with Gasteiger partial charge in [-0.3, -0.25) is 0 Å². The highest BCUT2D eigenvalue weighted by Crippen LogP contribution is 2.25. The Labute approximate surface area is 104 Å². The molecule has 0 bridgehead atoms. The van der Waals surface area contributed by atoms with Crippen molar-refractivity contribution in [1.82, 2.24) is 4.90 Å². The molecule has 0 radical (unpaired) electrons. The number of nitrogens with zero attached hydrogens (tertiary/aromatic N) is 1. The normalized spacial score (nSPS) is 26.7. The van der Waals surface area contributed by atoms with Gasteiger partial charge in [0.25, 0.3) is 0 Å². The first-order chi connectivity index (χ1) is 7.33. The molecule has 0 N–H and O–H groups in total. The molecule has 1 heterocycles. The van der Waals surface area contributed by atoms with Crippen LogP contribution in [0.1, 0.15) is 34.1 Å². The van der Waals surface area contributed by atoms with Crippen LogP contribution in [0, 0.1) is 11.8 Å². The molecule has 2 atom stereocenters. The molecule has 16 heavy (non-hydrogen) atoms. The van der Waals surface area contributed by atoms with Crippen LogP contribution in [0.2, 0.25) is 0 Å². The molecule has 0 aliphatic carbocycles. The van der Waals surface area contributed by atoms with E-state index in [0.717, 1.165) is 25.3 Å². The molecule has 1 fully saturated rings. The van der Waals surface area contributed by atoms with Crippen molar-refractivity contribution in [3.63, 3.8) is 0 Å². The molecule has 4 heteroatoms. The van der Waals surface area contributed by atoms with Gasteiger partial charge in [0.2, 0.25) is 0 Å². The fourth-order valence-corrected chi connectivity index (χ4v) is 2.50. The third kappa shape index (κ3) is 3.89. The van der Waals surface area contributed by atoms with Crippen molar-refractivity contribution in [2.75, 3.05) is 18.8 Å². The molecule has 1 amide bonds. The zero-order chi connectivity index (χ0) is 12.3. The van der Waals surface area contributed by atoms with Crippen molar-refractivity contribution >= 4 is 18.7 Å². The highest BCUT2D eigenvalue weighted by atomic mass is 32.1. The Bertz CT molecular complexity index is 250. The van der Waals surface area contributed by atoms with Gasteiger partial charge in [0.1, 0.15) is 5.60 Å². The summed E-state index contributed by atoms with van der Waals surface area (Å²) in [6.07, 6.45) is 0.848. The average molecular weight is 245 g/mol. The summed E-state index contributed by atoms with van der Waals surface area (Å²) in [5.74, 6) is 2.05. The third-order valence-corrected chi connectivity index (χ3v) is 3.44. The maximum absolute atomic E-state index is 11.8. The molecular weight excluding hydrogens is 222 g/mol. The number of amides is 1. The van der Waals surface area contributed by atoms with Gasteiger partial charge in [-0.2, -0.15) is 12.6 Å². The molecule has 1 rings (SSSR count). The Morgan fingerprint density at radius 3 is 2.56 bits per heavy atom. The molecule has 2 unspecified atom stereocenters. The van der Waals surface area contributed by atoms with Gasteiger partial charge in [-0.05, 0) is 44.8 Å². The van der Waals surface area contributed by atoms with Crippen molar-refractivity contribution in [3.8, 4) is 0 Å². The largest absolute Gasteiger partial charge is 0.444 e. The smallest absolute Gasteiger partial charge is 0.410 e. The van der Waals surface area contributed by atoms with Crippen LogP contribution in [0.25, 0.3) is 0 Å². The van der Waals surface area contributed by atoms with Gasteiger partial charge in [-0.15, -0.1) is 0 Å². The Morgan fingerprint density at radius 2 is 2.12 bits per heavy atom. The van der Waals surface area contributed by atoms with Gasteiger partial charge >= 0.3 is 6.09 Å². The van der Waals surface area contributed by atoms with Crippen molar-refractivity contribution in [3.05, 3.63) is 0 Å². The minimum absolute atomic E-state index is 0.183. The van der Waals surface area contributed by atoms with Crippen molar-refractivity contribution in [2.24, 2.45) is 11.8 Å². The Kier molecular flexibility index (Phi) is 4.53. The summed E-state index contributed by atoms with van der Waals surface area (Å²) < 4.78 is 5.36. The zero-order valence-corrected chi connectivity index (χ0v) is 11.6. The Balaban J connectivity index is 2.48. The molecule has 0 aromatic rings. The van der Waals surface area contributed by atoms with E-state index in [-0.39, 0.29) is 6.09 Å². The van der Waals surface area contributed by atoms with E-state index in [2.05, 4.69) is 19.6 Å². The SMILES string of the molecule is CC1CN(C(=O)OC(C)(C)C)CCC1CS. The number of ether oxygens (including phenoxy) is 1. The van der Waals surface area contributed by atoms with Crippen molar-refractivity contribution in [2.45, 2.75) is 39.7 Å². The average Bonchev–Trinajstić information content (AvgIpc) is 2.15. The molecule has 3 nitrogen and oxygen atoms in total. The number of rotatable bonds is 1. The van der Waals surface area contributed by atoms with E-state index >= 15 is 0 Å². The topological polar surface area (TPSA) is 29.5 Å². The lowest BCUT2D eigenvalue weighted by molar-refractivity contribution is 0.0130. The Hall–Kier alpha value is -0.380. The summed E-state index contributed by atoms with van der Waals surface area (Å²) in [4.78, 5) is 13.7. The lowest BCUT2D eigenvalue weighted by atomic mass is 9.89. The van der Waals surface area contributed by atoms with Crippen LogP contribution in [0.5, 0.6) is 0 Å². The molecule has 1 aliphatic heterocycles. The predicted molar refractivity (Wildman–Crippen MR) is 68.9 cm³/mol. The van der Waals surface area contributed by atoms with Gasteiger partial charge < -0.3 is 9.64 Å². The van der Waals surface area contributed by atoms with Gasteiger partial charge in [0.15, 0.2) is 0 Å². The highest BCUT2D eigenvalue weighted by Gasteiger charge is 2.30. The van der Waals surface area contributed by atoms with Crippen molar-refractivity contribution in [1.29, 1.82) is 0 Å². The van der Waals surface area contributed by atoms with Crippen LogP contribution < -0.4 is 0 Å². The number of likely N-dealkylation sites (tertiary alicyclic amines) is 1.